The maximum Gasteiger partial charge on any atom is 0.317 e. The highest BCUT2D eigenvalue weighted by atomic mass is 16.2. The van der Waals surface area contributed by atoms with Crippen LogP contribution in [0, 0.1) is 0 Å². The highest BCUT2D eigenvalue weighted by Crippen LogP contribution is 2.22. The lowest BCUT2D eigenvalue weighted by atomic mass is 10.2. The van der Waals surface area contributed by atoms with Gasteiger partial charge in [-0.2, -0.15) is 0 Å². The van der Waals surface area contributed by atoms with Gasteiger partial charge in [0.05, 0.1) is 6.04 Å². The van der Waals surface area contributed by atoms with Crippen molar-refractivity contribution in [2.75, 3.05) is 36.8 Å². The number of nitrogens with zero attached hydrogens (tertiary/aromatic N) is 4. The van der Waals surface area contributed by atoms with Crippen LogP contribution in [0.15, 0.2) is 6.07 Å². The molecule has 0 aliphatic carbocycles. The number of nitrogen functional groups attached to an aromatic ring is 1. The molecule has 3 rings (SSSR count). The number of hydrogen-bond donors (Lipinski definition) is 2. The predicted molar refractivity (Wildman–Crippen MR) is 76.6 cm³/mol. The molecule has 1 unspecified atom stereocenters. The molecule has 20 heavy (non-hydrogen) atoms. The fourth-order valence-corrected chi connectivity index (χ4v) is 2.70. The van der Waals surface area contributed by atoms with Crippen LogP contribution in [0.4, 0.5) is 16.4 Å². The first kappa shape index (κ1) is 13.0. The minimum atomic E-state index is 0.0414. The second kappa shape index (κ2) is 4.81. The van der Waals surface area contributed by atoms with E-state index in [-0.39, 0.29) is 18.0 Å². The Morgan fingerprint density at radius 2 is 2.20 bits per heavy atom. The molecule has 0 aromatic carbocycles. The lowest BCUT2D eigenvalue weighted by molar-refractivity contribution is 0.197. The number of anilines is 2. The quantitative estimate of drug-likeness (QED) is 0.816. The van der Waals surface area contributed by atoms with E-state index in [0.29, 0.717) is 12.4 Å². The van der Waals surface area contributed by atoms with Crippen LogP contribution in [-0.4, -0.2) is 53.1 Å². The Kier molecular flexibility index (Phi) is 3.11. The highest BCUT2D eigenvalue weighted by Gasteiger charge is 2.35. The smallest absolute Gasteiger partial charge is 0.317 e. The largest absolute Gasteiger partial charge is 0.384 e. The van der Waals surface area contributed by atoms with Gasteiger partial charge in [0.1, 0.15) is 17.5 Å². The number of fused-ring (bicyclic) bond motifs is 1. The summed E-state index contributed by atoms with van der Waals surface area (Å²) in [5.74, 6) is 2.37. The summed E-state index contributed by atoms with van der Waals surface area (Å²) in [6.07, 6.45) is 0. The van der Waals surface area contributed by atoms with Crippen molar-refractivity contribution >= 4 is 17.7 Å². The van der Waals surface area contributed by atoms with Crippen molar-refractivity contribution in [2.45, 2.75) is 25.8 Å². The van der Waals surface area contributed by atoms with E-state index in [1.165, 1.54) is 0 Å². The monoisotopic (exact) mass is 276 g/mol. The molecule has 0 radical (unpaired) electrons. The van der Waals surface area contributed by atoms with Gasteiger partial charge in [0, 0.05) is 38.2 Å². The Bertz CT molecular complexity index is 532. The van der Waals surface area contributed by atoms with Crippen molar-refractivity contribution < 1.29 is 4.79 Å². The van der Waals surface area contributed by atoms with Crippen LogP contribution >= 0.6 is 0 Å². The second-order valence-electron chi connectivity index (χ2n) is 5.64. The number of carbonyl (C=O) groups excluding carboxylic acids is 1. The topological polar surface area (TPSA) is 87.4 Å². The first-order chi connectivity index (χ1) is 9.54. The number of nitrogens with two attached hydrogens (primary N) is 1. The van der Waals surface area contributed by atoms with E-state index in [2.05, 4.69) is 34.0 Å². The zero-order valence-electron chi connectivity index (χ0n) is 11.8. The number of amides is 2. The average molecular weight is 276 g/mol. The van der Waals surface area contributed by atoms with Gasteiger partial charge in [0.15, 0.2) is 0 Å². The Hall–Kier alpha value is -2.05. The summed E-state index contributed by atoms with van der Waals surface area (Å²) in [5.41, 5.74) is 5.88. The minimum Gasteiger partial charge on any atom is -0.384 e. The summed E-state index contributed by atoms with van der Waals surface area (Å²) >= 11 is 0. The zero-order valence-corrected chi connectivity index (χ0v) is 11.8. The fourth-order valence-electron chi connectivity index (χ4n) is 2.70. The molecule has 2 amide bonds. The molecule has 1 atom stereocenters. The van der Waals surface area contributed by atoms with Gasteiger partial charge in [0.2, 0.25) is 0 Å². The summed E-state index contributed by atoms with van der Waals surface area (Å²) in [6, 6.07) is 2.07. The minimum absolute atomic E-state index is 0.0414. The first-order valence-electron chi connectivity index (χ1n) is 6.98. The molecule has 7 heteroatoms. The van der Waals surface area contributed by atoms with Gasteiger partial charge >= 0.3 is 6.03 Å². The van der Waals surface area contributed by atoms with E-state index in [4.69, 9.17) is 5.73 Å². The molecule has 108 valence electrons. The number of urea groups is 1. The van der Waals surface area contributed by atoms with E-state index in [0.717, 1.165) is 31.3 Å². The van der Waals surface area contributed by atoms with Crippen molar-refractivity contribution in [1.29, 1.82) is 0 Å². The van der Waals surface area contributed by atoms with Crippen molar-refractivity contribution in [3.63, 3.8) is 0 Å². The summed E-state index contributed by atoms with van der Waals surface area (Å²) in [6.45, 7) is 7.08. The summed E-state index contributed by atoms with van der Waals surface area (Å²) < 4.78 is 0. The van der Waals surface area contributed by atoms with Crippen LogP contribution in [0.5, 0.6) is 0 Å². The summed E-state index contributed by atoms with van der Waals surface area (Å²) in [7, 11) is 0. The van der Waals surface area contributed by atoms with Gasteiger partial charge in [0.25, 0.3) is 0 Å². The molecule has 0 saturated carbocycles. The number of piperazine rings is 1. The number of rotatable bonds is 2. The van der Waals surface area contributed by atoms with Crippen LogP contribution in [0.2, 0.25) is 0 Å². The Balaban J connectivity index is 1.82. The molecule has 1 aromatic heterocycles. The highest BCUT2D eigenvalue weighted by molar-refractivity contribution is 5.77. The standard InChI is InChI=1S/C13H20N6O/c1-8(2)12-16-10(14)5-11(17-12)18-3-4-19-9(7-18)6-15-13(19)20/h5,8-9H,3-4,6-7H2,1-2H3,(H,15,20)(H2,14,16,17). The van der Waals surface area contributed by atoms with E-state index in [9.17, 15) is 4.79 Å². The number of nitrogens with one attached hydrogen (secondary N) is 1. The lowest BCUT2D eigenvalue weighted by Crippen LogP contribution is -2.52. The van der Waals surface area contributed by atoms with Crippen LogP contribution < -0.4 is 16.0 Å². The van der Waals surface area contributed by atoms with E-state index in [1.54, 1.807) is 0 Å². The maximum atomic E-state index is 11.6. The molecule has 2 saturated heterocycles. The Morgan fingerprint density at radius 3 is 2.95 bits per heavy atom. The van der Waals surface area contributed by atoms with Gasteiger partial charge in [-0.3, -0.25) is 0 Å². The molecule has 0 bridgehead atoms. The lowest BCUT2D eigenvalue weighted by Gasteiger charge is -2.37. The van der Waals surface area contributed by atoms with E-state index < -0.39 is 0 Å². The SMILES string of the molecule is CC(C)c1nc(N)cc(N2CCN3C(=O)NCC3C2)n1. The third kappa shape index (κ3) is 2.23. The van der Waals surface area contributed by atoms with Gasteiger partial charge in [-0.05, 0) is 0 Å². The molecular formula is C13H20N6O. The number of carbonyl (C=O) groups is 1. The molecule has 0 spiro atoms. The fraction of sp³-hybridized carbons (Fsp3) is 0.615. The molecule has 3 N–H and O–H groups in total. The molecule has 3 heterocycles. The van der Waals surface area contributed by atoms with Crippen LogP contribution in [0.25, 0.3) is 0 Å². The number of hydrogen-bond acceptors (Lipinski definition) is 5. The van der Waals surface area contributed by atoms with Crippen LogP contribution in [0.3, 0.4) is 0 Å². The predicted octanol–water partition coefficient (Wildman–Crippen LogP) is 0.396. The molecule has 2 aliphatic rings. The molecule has 2 aliphatic heterocycles. The molecule has 2 fully saturated rings. The second-order valence-corrected chi connectivity index (χ2v) is 5.64. The number of aromatic nitrogens is 2. The van der Waals surface area contributed by atoms with E-state index in [1.807, 2.05) is 11.0 Å². The van der Waals surface area contributed by atoms with Gasteiger partial charge in [-0.15, -0.1) is 0 Å². The third-order valence-corrected chi connectivity index (χ3v) is 3.82. The molecule has 7 nitrogen and oxygen atoms in total. The summed E-state index contributed by atoms with van der Waals surface area (Å²) in [4.78, 5) is 24.5. The third-order valence-electron chi connectivity index (χ3n) is 3.82. The van der Waals surface area contributed by atoms with Crippen molar-refractivity contribution in [2.24, 2.45) is 0 Å². The van der Waals surface area contributed by atoms with Crippen molar-refractivity contribution in [1.82, 2.24) is 20.2 Å². The Labute approximate surface area is 118 Å². The van der Waals surface area contributed by atoms with E-state index >= 15 is 0 Å². The van der Waals surface area contributed by atoms with Crippen LogP contribution in [-0.2, 0) is 0 Å². The Morgan fingerprint density at radius 1 is 1.40 bits per heavy atom. The zero-order chi connectivity index (χ0) is 14.3. The molecule has 1 aromatic rings. The summed E-state index contributed by atoms with van der Waals surface area (Å²) in [5, 5.41) is 2.88. The first-order valence-corrected chi connectivity index (χ1v) is 6.98. The average Bonchev–Trinajstić information content (AvgIpc) is 2.79. The maximum absolute atomic E-state index is 11.6. The van der Waals surface area contributed by atoms with Crippen molar-refractivity contribution in [3.05, 3.63) is 11.9 Å². The molecular weight excluding hydrogens is 256 g/mol. The normalized spacial score (nSPS) is 22.1. The van der Waals surface area contributed by atoms with Crippen molar-refractivity contribution in [3.8, 4) is 0 Å². The van der Waals surface area contributed by atoms with Gasteiger partial charge < -0.3 is 20.9 Å². The van der Waals surface area contributed by atoms with Gasteiger partial charge in [-0.25, -0.2) is 14.8 Å². The van der Waals surface area contributed by atoms with Crippen LogP contribution in [0.1, 0.15) is 25.6 Å². The van der Waals surface area contributed by atoms with Gasteiger partial charge in [-0.1, -0.05) is 13.8 Å².